The summed E-state index contributed by atoms with van der Waals surface area (Å²) in [5, 5.41) is 12.6. The second kappa shape index (κ2) is 4.21. The molecule has 4 heteroatoms. The van der Waals surface area contributed by atoms with Gasteiger partial charge < -0.3 is 10.4 Å². The van der Waals surface area contributed by atoms with Gasteiger partial charge in [0.05, 0.1) is 10.6 Å². The third kappa shape index (κ3) is 1.98. The fourth-order valence-corrected chi connectivity index (χ4v) is 2.31. The molecular formula is C11H12ClNO2. The van der Waals surface area contributed by atoms with Gasteiger partial charge in [-0.3, -0.25) is 0 Å². The van der Waals surface area contributed by atoms with Gasteiger partial charge in [0.15, 0.2) is 0 Å². The molecule has 1 aromatic rings. The molecule has 0 spiro atoms. The van der Waals surface area contributed by atoms with Crippen LogP contribution in [0.2, 0.25) is 5.02 Å². The largest absolute Gasteiger partial charge is 0.478 e. The van der Waals surface area contributed by atoms with Gasteiger partial charge in [-0.25, -0.2) is 4.79 Å². The highest BCUT2D eigenvalue weighted by atomic mass is 35.5. The number of carbonyl (C=O) groups is 1. The molecule has 0 saturated carbocycles. The average molecular weight is 226 g/mol. The van der Waals surface area contributed by atoms with E-state index in [0.29, 0.717) is 10.9 Å². The van der Waals surface area contributed by atoms with Gasteiger partial charge in [-0.15, -0.1) is 0 Å². The van der Waals surface area contributed by atoms with Crippen molar-refractivity contribution in [3.63, 3.8) is 0 Å². The van der Waals surface area contributed by atoms with E-state index in [1.165, 1.54) is 6.07 Å². The van der Waals surface area contributed by atoms with E-state index in [-0.39, 0.29) is 5.56 Å². The van der Waals surface area contributed by atoms with Gasteiger partial charge in [-0.2, -0.15) is 0 Å². The average Bonchev–Trinajstić information content (AvgIpc) is 2.70. The van der Waals surface area contributed by atoms with Crippen LogP contribution in [0.1, 0.15) is 28.3 Å². The normalized spacial score (nSPS) is 20.5. The number of hydrogen-bond acceptors (Lipinski definition) is 2. The van der Waals surface area contributed by atoms with E-state index in [1.807, 2.05) is 6.07 Å². The van der Waals surface area contributed by atoms with E-state index in [2.05, 4.69) is 5.32 Å². The monoisotopic (exact) mass is 225 g/mol. The molecule has 0 radical (unpaired) electrons. The minimum Gasteiger partial charge on any atom is -0.478 e. The summed E-state index contributed by atoms with van der Waals surface area (Å²) in [7, 11) is 0. The van der Waals surface area contributed by atoms with Gasteiger partial charge in [0.25, 0.3) is 0 Å². The van der Waals surface area contributed by atoms with Crippen molar-refractivity contribution in [1.82, 2.24) is 5.32 Å². The topological polar surface area (TPSA) is 49.3 Å². The van der Waals surface area contributed by atoms with Crippen LogP contribution >= 0.6 is 11.6 Å². The van der Waals surface area contributed by atoms with Gasteiger partial charge in [0.2, 0.25) is 0 Å². The van der Waals surface area contributed by atoms with Gasteiger partial charge in [-0.1, -0.05) is 23.7 Å². The molecule has 1 fully saturated rings. The van der Waals surface area contributed by atoms with Gasteiger partial charge in [0.1, 0.15) is 0 Å². The first-order valence-electron chi connectivity index (χ1n) is 4.92. The standard InChI is InChI=1S/C11H12ClNO2/c12-10-8(7-4-5-13-6-7)2-1-3-9(10)11(14)15/h1-3,7,13H,4-6H2,(H,14,15). The Kier molecular flexibility index (Phi) is 2.93. The van der Waals surface area contributed by atoms with E-state index in [9.17, 15) is 4.79 Å². The Labute approximate surface area is 93.1 Å². The van der Waals surface area contributed by atoms with Gasteiger partial charge in [0, 0.05) is 6.54 Å². The SMILES string of the molecule is O=C(O)c1cccc(C2CCNC2)c1Cl. The fraction of sp³-hybridized carbons (Fsp3) is 0.364. The Balaban J connectivity index is 2.39. The third-order valence-electron chi connectivity index (χ3n) is 2.76. The third-order valence-corrected chi connectivity index (χ3v) is 3.18. The van der Waals surface area contributed by atoms with Crippen LogP contribution < -0.4 is 5.32 Å². The Hall–Kier alpha value is -1.06. The van der Waals surface area contributed by atoms with E-state index in [4.69, 9.17) is 16.7 Å². The Morgan fingerprint density at radius 3 is 2.93 bits per heavy atom. The summed E-state index contributed by atoms with van der Waals surface area (Å²) in [5.74, 6) is -0.621. The van der Waals surface area contributed by atoms with Crippen molar-refractivity contribution in [2.45, 2.75) is 12.3 Å². The number of carboxylic acids is 1. The number of nitrogens with one attached hydrogen (secondary N) is 1. The summed E-state index contributed by atoms with van der Waals surface area (Å²) in [6.07, 6.45) is 1.02. The lowest BCUT2D eigenvalue weighted by Crippen LogP contribution is -2.09. The molecule has 0 aliphatic carbocycles. The lowest BCUT2D eigenvalue weighted by Gasteiger charge is -2.12. The molecule has 1 aliphatic heterocycles. The first kappa shape index (κ1) is 10.5. The van der Waals surface area contributed by atoms with Crippen molar-refractivity contribution in [2.75, 3.05) is 13.1 Å². The molecule has 1 heterocycles. The van der Waals surface area contributed by atoms with E-state index in [1.54, 1.807) is 6.07 Å². The van der Waals surface area contributed by atoms with E-state index in [0.717, 1.165) is 25.1 Å². The lowest BCUT2D eigenvalue weighted by atomic mass is 9.96. The van der Waals surface area contributed by atoms with Crippen LogP contribution in [-0.4, -0.2) is 24.2 Å². The molecule has 80 valence electrons. The van der Waals surface area contributed by atoms with Crippen molar-refractivity contribution in [3.05, 3.63) is 34.3 Å². The predicted molar refractivity (Wildman–Crippen MR) is 58.6 cm³/mol. The molecule has 3 nitrogen and oxygen atoms in total. The molecule has 0 aromatic heterocycles. The smallest absolute Gasteiger partial charge is 0.337 e. The maximum Gasteiger partial charge on any atom is 0.337 e. The van der Waals surface area contributed by atoms with Crippen LogP contribution in [0, 0.1) is 0 Å². The molecule has 1 aromatic carbocycles. The number of halogens is 1. The predicted octanol–water partition coefficient (Wildman–Crippen LogP) is 2.12. The Morgan fingerprint density at radius 2 is 2.33 bits per heavy atom. The van der Waals surface area contributed by atoms with Crippen molar-refractivity contribution in [2.24, 2.45) is 0 Å². The first-order chi connectivity index (χ1) is 7.20. The summed E-state index contributed by atoms with van der Waals surface area (Å²) in [6.45, 7) is 1.85. The second-order valence-electron chi connectivity index (χ2n) is 3.70. The number of rotatable bonds is 2. The number of hydrogen-bond donors (Lipinski definition) is 2. The Bertz CT molecular complexity index is 386. The lowest BCUT2D eigenvalue weighted by molar-refractivity contribution is 0.0697. The fourth-order valence-electron chi connectivity index (χ4n) is 1.95. The van der Waals surface area contributed by atoms with Crippen LogP contribution in [0.15, 0.2) is 18.2 Å². The maximum atomic E-state index is 10.9. The van der Waals surface area contributed by atoms with Gasteiger partial charge >= 0.3 is 5.97 Å². The van der Waals surface area contributed by atoms with Crippen LogP contribution in [-0.2, 0) is 0 Å². The highest BCUT2D eigenvalue weighted by Gasteiger charge is 2.21. The molecule has 1 saturated heterocycles. The van der Waals surface area contributed by atoms with Crippen molar-refractivity contribution in [1.29, 1.82) is 0 Å². The number of benzene rings is 1. The highest BCUT2D eigenvalue weighted by Crippen LogP contribution is 2.31. The zero-order valence-corrected chi connectivity index (χ0v) is 8.92. The summed E-state index contributed by atoms with van der Waals surface area (Å²) < 4.78 is 0. The van der Waals surface area contributed by atoms with E-state index < -0.39 is 5.97 Å². The molecule has 2 rings (SSSR count). The highest BCUT2D eigenvalue weighted by molar-refractivity contribution is 6.34. The maximum absolute atomic E-state index is 10.9. The molecule has 2 N–H and O–H groups in total. The quantitative estimate of drug-likeness (QED) is 0.811. The Morgan fingerprint density at radius 1 is 1.53 bits per heavy atom. The minimum atomic E-state index is -0.965. The number of carboxylic acid groups (broad SMARTS) is 1. The molecule has 1 aliphatic rings. The minimum absolute atomic E-state index is 0.195. The molecular weight excluding hydrogens is 214 g/mol. The first-order valence-corrected chi connectivity index (χ1v) is 5.30. The molecule has 0 amide bonds. The summed E-state index contributed by atoms with van der Waals surface area (Å²) in [4.78, 5) is 10.9. The molecule has 1 unspecified atom stereocenters. The summed E-state index contributed by atoms with van der Waals surface area (Å²) in [5.41, 5.74) is 1.14. The van der Waals surface area contributed by atoms with Crippen molar-refractivity contribution >= 4 is 17.6 Å². The summed E-state index contributed by atoms with van der Waals surface area (Å²) in [6, 6.07) is 5.20. The van der Waals surface area contributed by atoms with Crippen molar-refractivity contribution in [3.8, 4) is 0 Å². The molecule has 0 bridgehead atoms. The zero-order valence-electron chi connectivity index (χ0n) is 8.16. The summed E-state index contributed by atoms with van der Waals surface area (Å²) >= 11 is 6.08. The number of aromatic carboxylic acids is 1. The molecule has 1 atom stereocenters. The second-order valence-corrected chi connectivity index (χ2v) is 4.08. The van der Waals surface area contributed by atoms with E-state index >= 15 is 0 Å². The molecule has 15 heavy (non-hydrogen) atoms. The van der Waals surface area contributed by atoms with Crippen LogP contribution in [0.4, 0.5) is 0 Å². The van der Waals surface area contributed by atoms with Gasteiger partial charge in [-0.05, 0) is 30.5 Å². The van der Waals surface area contributed by atoms with Crippen LogP contribution in [0.25, 0.3) is 0 Å². The van der Waals surface area contributed by atoms with Crippen LogP contribution in [0.3, 0.4) is 0 Å². The van der Waals surface area contributed by atoms with Crippen molar-refractivity contribution < 1.29 is 9.90 Å². The van der Waals surface area contributed by atoms with Crippen LogP contribution in [0.5, 0.6) is 0 Å². The zero-order chi connectivity index (χ0) is 10.8.